The van der Waals surface area contributed by atoms with E-state index in [9.17, 15) is 18.0 Å². The quantitative estimate of drug-likeness (QED) is 0.476. The van der Waals surface area contributed by atoms with E-state index in [-0.39, 0.29) is 17.5 Å². The average Bonchev–Trinajstić information content (AvgIpc) is 3.34. The van der Waals surface area contributed by atoms with Gasteiger partial charge in [-0.2, -0.15) is 18.3 Å². The van der Waals surface area contributed by atoms with Gasteiger partial charge in [0, 0.05) is 45.8 Å². The first-order valence-corrected chi connectivity index (χ1v) is 12.7. The number of hydrogen-bond donors (Lipinski definition) is 0. The Labute approximate surface area is 212 Å². The lowest BCUT2D eigenvalue weighted by Crippen LogP contribution is -2.50. The second kappa shape index (κ2) is 10.4. The van der Waals surface area contributed by atoms with Crippen LogP contribution in [-0.2, 0) is 22.7 Å². The Hall–Kier alpha value is -3.05. The minimum absolute atomic E-state index is 0.151. The van der Waals surface area contributed by atoms with Crippen molar-refractivity contribution in [2.75, 3.05) is 31.2 Å². The van der Waals surface area contributed by atoms with E-state index in [4.69, 9.17) is 19.3 Å². The van der Waals surface area contributed by atoms with E-state index in [0.717, 1.165) is 31.4 Å². The first-order chi connectivity index (χ1) is 17.7. The monoisotopic (exact) mass is 520 g/mol. The Kier molecular flexibility index (Phi) is 7.17. The fourth-order valence-corrected chi connectivity index (χ4v) is 5.07. The highest BCUT2D eigenvalue weighted by Gasteiger charge is 2.35. The van der Waals surface area contributed by atoms with Crippen LogP contribution in [0.4, 0.5) is 18.9 Å². The number of aryl methyl sites for hydroxylation is 1. The zero-order valence-corrected chi connectivity index (χ0v) is 20.9. The van der Waals surface area contributed by atoms with Crippen LogP contribution in [0.1, 0.15) is 44.4 Å². The Morgan fingerprint density at radius 3 is 2.73 bits per heavy atom. The average molecular weight is 521 g/mol. The van der Waals surface area contributed by atoms with Crippen LogP contribution in [0.3, 0.4) is 0 Å². The van der Waals surface area contributed by atoms with E-state index >= 15 is 0 Å². The Morgan fingerprint density at radius 2 is 2.00 bits per heavy atom. The van der Waals surface area contributed by atoms with Crippen molar-refractivity contribution in [1.29, 1.82) is 0 Å². The van der Waals surface area contributed by atoms with Crippen LogP contribution < -0.4 is 15.2 Å². The number of hydrogen-bond acceptors (Lipinski definition) is 6. The highest BCUT2D eigenvalue weighted by molar-refractivity contribution is 5.88. The molecule has 0 radical (unpaired) electrons. The summed E-state index contributed by atoms with van der Waals surface area (Å²) < 4.78 is 60.7. The van der Waals surface area contributed by atoms with Crippen molar-refractivity contribution in [2.45, 2.75) is 57.2 Å². The molecule has 1 aromatic carbocycles. The Bertz CT molecular complexity index is 1300. The number of aromatic nitrogens is 3. The van der Waals surface area contributed by atoms with Crippen LogP contribution in [0.2, 0.25) is 0 Å². The van der Waals surface area contributed by atoms with Crippen molar-refractivity contribution in [3.8, 4) is 5.75 Å². The summed E-state index contributed by atoms with van der Waals surface area (Å²) in [6.07, 6.45) is -0.137. The summed E-state index contributed by atoms with van der Waals surface area (Å²) in [5, 5.41) is 4.82. The third kappa shape index (κ3) is 5.33. The highest BCUT2D eigenvalue weighted by atomic mass is 19.4. The number of rotatable bonds is 6. The summed E-state index contributed by atoms with van der Waals surface area (Å²) in [6.45, 7) is 3.90. The number of anilines is 1. The fourth-order valence-electron chi connectivity index (χ4n) is 5.07. The predicted molar refractivity (Wildman–Crippen MR) is 132 cm³/mol. The molecule has 200 valence electrons. The van der Waals surface area contributed by atoms with Crippen molar-refractivity contribution in [2.24, 2.45) is 7.05 Å². The third-order valence-corrected chi connectivity index (χ3v) is 7.03. The van der Waals surface area contributed by atoms with E-state index in [1.165, 1.54) is 12.1 Å². The number of pyridine rings is 1. The summed E-state index contributed by atoms with van der Waals surface area (Å²) in [5.74, 6) is 0.153. The molecule has 4 heterocycles. The molecule has 2 saturated heterocycles. The molecule has 2 fully saturated rings. The van der Waals surface area contributed by atoms with Gasteiger partial charge in [0.1, 0.15) is 29.7 Å². The molecule has 3 aromatic rings. The summed E-state index contributed by atoms with van der Waals surface area (Å²) in [6, 6.07) is 6.48. The van der Waals surface area contributed by atoms with Crippen molar-refractivity contribution in [3.05, 3.63) is 52.4 Å². The molecule has 2 aliphatic heterocycles. The maximum atomic E-state index is 13.2. The molecule has 3 atom stereocenters. The lowest BCUT2D eigenvalue weighted by molar-refractivity contribution is -0.137. The van der Waals surface area contributed by atoms with Gasteiger partial charge in [0.25, 0.3) is 5.56 Å². The van der Waals surface area contributed by atoms with Crippen LogP contribution in [0.5, 0.6) is 5.75 Å². The molecule has 37 heavy (non-hydrogen) atoms. The molecule has 8 nitrogen and oxygen atoms in total. The Morgan fingerprint density at radius 1 is 1.16 bits per heavy atom. The number of alkyl halides is 3. The van der Waals surface area contributed by atoms with Crippen LogP contribution in [-0.4, -0.2) is 52.9 Å². The smallest absolute Gasteiger partial charge is 0.416 e. The van der Waals surface area contributed by atoms with Crippen LogP contribution in [0.15, 0.2) is 41.3 Å². The summed E-state index contributed by atoms with van der Waals surface area (Å²) >= 11 is 0. The number of benzene rings is 1. The molecule has 0 amide bonds. The lowest BCUT2D eigenvalue weighted by atomic mass is 10.0. The third-order valence-electron chi connectivity index (χ3n) is 7.03. The molecule has 0 bridgehead atoms. The molecule has 0 aliphatic carbocycles. The summed E-state index contributed by atoms with van der Waals surface area (Å²) in [7, 11) is 1.72. The molecular weight excluding hydrogens is 489 g/mol. The molecule has 0 saturated carbocycles. The summed E-state index contributed by atoms with van der Waals surface area (Å²) in [5.41, 5.74) is 1.21. The van der Waals surface area contributed by atoms with Gasteiger partial charge in [-0.05, 0) is 44.4 Å². The van der Waals surface area contributed by atoms with Crippen molar-refractivity contribution < 1.29 is 27.4 Å². The molecule has 0 spiro atoms. The van der Waals surface area contributed by atoms with Gasteiger partial charge < -0.3 is 23.7 Å². The van der Waals surface area contributed by atoms with Gasteiger partial charge in [-0.25, -0.2) is 4.68 Å². The van der Waals surface area contributed by atoms with E-state index in [1.54, 1.807) is 22.4 Å². The zero-order chi connectivity index (χ0) is 26.2. The van der Waals surface area contributed by atoms with Crippen molar-refractivity contribution in [3.63, 3.8) is 0 Å². The normalized spacial score (nSPS) is 22.9. The van der Waals surface area contributed by atoms with Gasteiger partial charge in [-0.1, -0.05) is 6.07 Å². The maximum absolute atomic E-state index is 13.2. The number of piperidine rings is 1. The van der Waals surface area contributed by atoms with Gasteiger partial charge in [-0.3, -0.25) is 4.79 Å². The maximum Gasteiger partial charge on any atom is 0.416 e. The second-order valence-electron chi connectivity index (χ2n) is 9.50. The minimum Gasteiger partial charge on any atom is -0.488 e. The van der Waals surface area contributed by atoms with Gasteiger partial charge in [-0.15, -0.1) is 0 Å². The van der Waals surface area contributed by atoms with E-state index in [2.05, 4.69) is 4.90 Å². The molecule has 0 N–H and O–H groups in total. The first-order valence-electron chi connectivity index (χ1n) is 12.7. The largest absolute Gasteiger partial charge is 0.488 e. The van der Waals surface area contributed by atoms with Gasteiger partial charge in [0.15, 0.2) is 0 Å². The standard InChI is InChI=1S/C26H31F3N4O4/c1-3-35-22-16-32(11-10-21(22)37-18-8-6-7-17(13-18)26(27,28)29)19-14-23(34)31(2)20-15-33(30-25(19)20)24-9-4-5-12-36-24/h6-8,13-15,21-22,24H,3-5,9-12,16H2,1-2H3/t21-,22-,24?/m1/s1. The van der Waals surface area contributed by atoms with Crippen LogP contribution in [0, 0.1) is 0 Å². The topological polar surface area (TPSA) is 70.8 Å². The van der Waals surface area contributed by atoms with Gasteiger partial charge in [0.2, 0.25) is 0 Å². The predicted octanol–water partition coefficient (Wildman–Crippen LogP) is 4.52. The molecule has 1 unspecified atom stereocenters. The highest BCUT2D eigenvalue weighted by Crippen LogP contribution is 2.34. The lowest BCUT2D eigenvalue weighted by Gasteiger charge is -2.39. The molecular formula is C26H31F3N4O4. The van der Waals surface area contributed by atoms with E-state index in [1.807, 2.05) is 13.1 Å². The van der Waals surface area contributed by atoms with Crippen molar-refractivity contribution >= 4 is 16.7 Å². The number of halogens is 3. The second-order valence-corrected chi connectivity index (χ2v) is 9.50. The SMILES string of the molecule is CCO[C@@H]1CN(c2cc(=O)n(C)c3cn(C4CCCCO4)nc23)CC[C@H]1Oc1cccc(C(F)(F)F)c1. The number of nitrogens with zero attached hydrogens (tertiary/aromatic N) is 4. The number of ether oxygens (including phenoxy) is 3. The molecule has 2 aromatic heterocycles. The molecule has 11 heteroatoms. The van der Waals surface area contributed by atoms with Gasteiger partial charge in [0.05, 0.1) is 23.0 Å². The zero-order valence-electron chi connectivity index (χ0n) is 20.9. The van der Waals surface area contributed by atoms with Crippen molar-refractivity contribution in [1.82, 2.24) is 14.3 Å². The molecule has 5 rings (SSSR count). The van der Waals surface area contributed by atoms with Gasteiger partial charge >= 0.3 is 6.18 Å². The summed E-state index contributed by atoms with van der Waals surface area (Å²) in [4.78, 5) is 14.9. The Balaban J connectivity index is 1.41. The van der Waals surface area contributed by atoms with Crippen LogP contribution in [0.25, 0.3) is 11.0 Å². The minimum atomic E-state index is -4.45. The number of fused-ring (bicyclic) bond motifs is 1. The van der Waals surface area contributed by atoms with E-state index in [0.29, 0.717) is 49.4 Å². The molecule has 2 aliphatic rings. The first kappa shape index (κ1) is 25.6. The van der Waals surface area contributed by atoms with Crippen LogP contribution >= 0.6 is 0 Å². The van der Waals surface area contributed by atoms with E-state index < -0.39 is 23.9 Å². The fraction of sp³-hybridized carbons (Fsp3) is 0.538.